The molecule has 0 aliphatic heterocycles. The molecule has 0 heterocycles. The molecule has 0 aromatic heterocycles. The average Bonchev–Trinajstić information content (AvgIpc) is 2.36. The minimum Gasteiger partial charge on any atom is -0.383 e. The van der Waals surface area contributed by atoms with E-state index in [1.807, 2.05) is 0 Å². The molecule has 110 valence electrons. The highest BCUT2D eigenvalue weighted by molar-refractivity contribution is 6.00. The second-order valence-electron chi connectivity index (χ2n) is 4.98. The van der Waals surface area contributed by atoms with E-state index >= 15 is 0 Å². The normalized spacial score (nSPS) is 11.0. The molecule has 1 rings (SSSR count). The molecule has 7 nitrogen and oxygen atoms in total. The van der Waals surface area contributed by atoms with Gasteiger partial charge in [-0.25, -0.2) is 0 Å². The topological polar surface area (TPSA) is 93.5 Å². The van der Waals surface area contributed by atoms with Crippen molar-refractivity contribution in [2.45, 2.75) is 19.4 Å². The number of hydrogen-bond donors (Lipinski definition) is 2. The third kappa shape index (κ3) is 3.67. The Morgan fingerprint density at radius 3 is 2.60 bits per heavy atom. The van der Waals surface area contributed by atoms with E-state index in [-0.39, 0.29) is 11.3 Å². The van der Waals surface area contributed by atoms with E-state index in [0.29, 0.717) is 12.3 Å². The van der Waals surface area contributed by atoms with Gasteiger partial charge in [-0.3, -0.25) is 14.9 Å². The predicted octanol–water partition coefficient (Wildman–Crippen LogP) is 1.79. The first-order chi connectivity index (χ1) is 9.32. The molecule has 0 atom stereocenters. The number of nitrogens with one attached hydrogen (secondary N) is 2. The molecule has 1 amide bonds. The minimum atomic E-state index is -0.616. The molecule has 0 spiro atoms. The number of benzene rings is 1. The lowest BCUT2D eigenvalue weighted by Gasteiger charge is -2.25. The Hall–Kier alpha value is -2.15. The van der Waals surface area contributed by atoms with E-state index in [0.717, 1.165) is 0 Å². The van der Waals surface area contributed by atoms with E-state index < -0.39 is 16.4 Å². The number of nitro benzene ring substituents is 1. The van der Waals surface area contributed by atoms with Gasteiger partial charge in [-0.15, -0.1) is 0 Å². The van der Waals surface area contributed by atoms with Gasteiger partial charge in [0.05, 0.1) is 17.1 Å². The summed E-state index contributed by atoms with van der Waals surface area (Å²) in [7, 11) is 3.09. The smallest absolute Gasteiger partial charge is 0.305 e. The van der Waals surface area contributed by atoms with Gasteiger partial charge in [-0.1, -0.05) is 6.07 Å². The lowest BCUT2D eigenvalue weighted by molar-refractivity contribution is -0.384. The fourth-order valence-corrected chi connectivity index (χ4v) is 1.90. The molecular weight excluding hydrogens is 262 g/mol. The van der Waals surface area contributed by atoms with E-state index in [1.54, 1.807) is 33.0 Å². The van der Waals surface area contributed by atoms with Crippen molar-refractivity contribution < 1.29 is 14.5 Å². The summed E-state index contributed by atoms with van der Waals surface area (Å²) in [6, 6.07) is 4.57. The van der Waals surface area contributed by atoms with Crippen LogP contribution in [0.1, 0.15) is 24.2 Å². The van der Waals surface area contributed by atoms with Gasteiger partial charge < -0.3 is 15.4 Å². The van der Waals surface area contributed by atoms with Crippen LogP contribution in [0.2, 0.25) is 0 Å². The molecule has 7 heteroatoms. The molecule has 0 radical (unpaired) electrons. The second kappa shape index (κ2) is 6.33. The van der Waals surface area contributed by atoms with Crippen molar-refractivity contribution in [1.29, 1.82) is 0 Å². The number of nitrogens with zero attached hydrogens (tertiary/aromatic N) is 1. The van der Waals surface area contributed by atoms with Crippen LogP contribution in [-0.2, 0) is 4.74 Å². The number of carbonyl (C=O) groups excluding carboxylic acids is 1. The molecule has 0 saturated heterocycles. The van der Waals surface area contributed by atoms with Crippen LogP contribution >= 0.6 is 0 Å². The Balaban J connectivity index is 3.13. The highest BCUT2D eigenvalue weighted by atomic mass is 16.6. The summed E-state index contributed by atoms with van der Waals surface area (Å²) in [5.74, 6) is -0.504. The molecule has 0 aliphatic carbocycles. The van der Waals surface area contributed by atoms with Crippen molar-refractivity contribution in [1.82, 2.24) is 5.32 Å². The Kier molecular flexibility index (Phi) is 5.04. The average molecular weight is 281 g/mol. The second-order valence-corrected chi connectivity index (χ2v) is 4.98. The molecule has 0 saturated carbocycles. The third-order valence-corrected chi connectivity index (χ3v) is 2.69. The van der Waals surface area contributed by atoms with Crippen LogP contribution in [0.25, 0.3) is 0 Å². The Morgan fingerprint density at radius 1 is 1.45 bits per heavy atom. The van der Waals surface area contributed by atoms with E-state index in [4.69, 9.17) is 4.74 Å². The lowest BCUT2D eigenvalue weighted by Crippen LogP contribution is -2.46. The van der Waals surface area contributed by atoms with Crippen LogP contribution in [0.3, 0.4) is 0 Å². The van der Waals surface area contributed by atoms with Crippen molar-refractivity contribution in [2.75, 3.05) is 26.1 Å². The summed E-state index contributed by atoms with van der Waals surface area (Å²) < 4.78 is 5.01. The monoisotopic (exact) mass is 281 g/mol. The Morgan fingerprint density at radius 2 is 2.10 bits per heavy atom. The first-order valence-corrected chi connectivity index (χ1v) is 6.09. The van der Waals surface area contributed by atoms with Gasteiger partial charge in [-0.05, 0) is 26.0 Å². The van der Waals surface area contributed by atoms with Gasteiger partial charge in [0.1, 0.15) is 11.3 Å². The number of rotatable bonds is 6. The maximum absolute atomic E-state index is 12.2. The van der Waals surface area contributed by atoms with Crippen LogP contribution in [0.5, 0.6) is 0 Å². The predicted molar refractivity (Wildman–Crippen MR) is 76.1 cm³/mol. The van der Waals surface area contributed by atoms with Crippen LogP contribution in [-0.4, -0.2) is 37.1 Å². The number of hydrogen-bond acceptors (Lipinski definition) is 5. The van der Waals surface area contributed by atoms with Crippen molar-refractivity contribution in [3.8, 4) is 0 Å². The van der Waals surface area contributed by atoms with Gasteiger partial charge in [0.15, 0.2) is 0 Å². The minimum absolute atomic E-state index is 0.0195. The van der Waals surface area contributed by atoms with Crippen molar-refractivity contribution in [3.63, 3.8) is 0 Å². The SMILES string of the molecule is CNc1cccc(C(=O)NC(C)(C)COC)c1[N+](=O)[O-]. The molecule has 1 aromatic carbocycles. The highest BCUT2D eigenvalue weighted by Gasteiger charge is 2.28. The summed E-state index contributed by atoms with van der Waals surface area (Å²) in [6.45, 7) is 3.86. The zero-order valence-electron chi connectivity index (χ0n) is 12.0. The van der Waals surface area contributed by atoms with E-state index in [9.17, 15) is 14.9 Å². The van der Waals surface area contributed by atoms with Gasteiger partial charge in [-0.2, -0.15) is 0 Å². The largest absolute Gasteiger partial charge is 0.383 e. The van der Waals surface area contributed by atoms with Crippen molar-refractivity contribution >= 4 is 17.3 Å². The standard InChI is InChI=1S/C13H19N3O4/c1-13(2,8-20-4)15-12(17)9-6-5-7-10(14-3)11(9)16(18)19/h5-7,14H,8H2,1-4H3,(H,15,17). The first kappa shape index (κ1) is 15.9. The number of methoxy groups -OCH3 is 1. The molecular formula is C13H19N3O4. The summed E-state index contributed by atoms with van der Waals surface area (Å²) in [6.07, 6.45) is 0. The Bertz CT molecular complexity index is 514. The van der Waals surface area contributed by atoms with Crippen LogP contribution in [0.4, 0.5) is 11.4 Å². The third-order valence-electron chi connectivity index (χ3n) is 2.69. The lowest BCUT2D eigenvalue weighted by atomic mass is 10.0. The van der Waals surface area contributed by atoms with E-state index in [1.165, 1.54) is 13.2 Å². The van der Waals surface area contributed by atoms with Gasteiger partial charge >= 0.3 is 5.69 Å². The van der Waals surface area contributed by atoms with Crippen LogP contribution in [0.15, 0.2) is 18.2 Å². The summed E-state index contributed by atoms with van der Waals surface area (Å²) >= 11 is 0. The fraction of sp³-hybridized carbons (Fsp3) is 0.462. The number of para-hydroxylation sites is 1. The van der Waals surface area contributed by atoms with Gasteiger partial charge in [0.25, 0.3) is 5.91 Å². The maximum atomic E-state index is 12.2. The summed E-state index contributed by atoms with van der Waals surface area (Å²) in [4.78, 5) is 22.8. The van der Waals surface area contributed by atoms with Crippen LogP contribution < -0.4 is 10.6 Å². The number of anilines is 1. The number of ether oxygens (including phenoxy) is 1. The molecule has 0 bridgehead atoms. The van der Waals surface area contributed by atoms with E-state index in [2.05, 4.69) is 10.6 Å². The molecule has 0 aliphatic rings. The zero-order valence-corrected chi connectivity index (χ0v) is 12.0. The molecule has 0 unspecified atom stereocenters. The zero-order chi connectivity index (χ0) is 15.3. The van der Waals surface area contributed by atoms with Gasteiger partial charge in [0, 0.05) is 14.2 Å². The molecule has 0 fully saturated rings. The summed E-state index contributed by atoms with van der Waals surface area (Å²) in [5.41, 5.74) is -0.533. The molecule has 1 aromatic rings. The van der Waals surface area contributed by atoms with Gasteiger partial charge in [0.2, 0.25) is 0 Å². The number of amides is 1. The first-order valence-electron chi connectivity index (χ1n) is 6.09. The fourth-order valence-electron chi connectivity index (χ4n) is 1.90. The number of nitro groups is 1. The van der Waals surface area contributed by atoms with Crippen LogP contribution in [0, 0.1) is 10.1 Å². The molecule has 2 N–H and O–H groups in total. The Labute approximate surface area is 117 Å². The maximum Gasteiger partial charge on any atom is 0.305 e. The molecule has 20 heavy (non-hydrogen) atoms. The summed E-state index contributed by atoms with van der Waals surface area (Å²) in [5, 5.41) is 16.6. The van der Waals surface area contributed by atoms with Crippen molar-refractivity contribution in [3.05, 3.63) is 33.9 Å². The van der Waals surface area contributed by atoms with Crippen molar-refractivity contribution in [2.24, 2.45) is 0 Å². The highest BCUT2D eigenvalue weighted by Crippen LogP contribution is 2.28. The number of carbonyl (C=O) groups is 1. The quantitative estimate of drug-likeness (QED) is 0.612.